The SMILES string of the molecule is COc1cc(F)cc([B-](F)(F)F)c1. The van der Waals surface area contributed by atoms with Crippen LogP contribution < -0.4 is 10.2 Å². The largest absolute Gasteiger partial charge is 0.509 e. The van der Waals surface area contributed by atoms with E-state index in [0.717, 1.165) is 12.1 Å². The van der Waals surface area contributed by atoms with Crippen molar-refractivity contribution >= 4 is 12.4 Å². The minimum absolute atomic E-state index is 0.130. The Balaban J connectivity index is 3.16. The van der Waals surface area contributed by atoms with Gasteiger partial charge in [0.1, 0.15) is 11.6 Å². The van der Waals surface area contributed by atoms with Crippen LogP contribution in [0.15, 0.2) is 18.2 Å². The second-order valence-corrected chi connectivity index (χ2v) is 2.50. The summed E-state index contributed by atoms with van der Waals surface area (Å²) in [5, 5.41) is 0. The number of benzene rings is 1. The Morgan fingerprint density at radius 2 is 1.77 bits per heavy atom. The van der Waals surface area contributed by atoms with Gasteiger partial charge in [-0.25, -0.2) is 4.39 Å². The van der Waals surface area contributed by atoms with Crippen molar-refractivity contribution in [3.63, 3.8) is 0 Å². The predicted molar refractivity (Wildman–Crippen MR) is 41.7 cm³/mol. The standard InChI is InChI=1S/C7H6BF4O/c1-13-7-3-5(8(10,11)12)2-6(9)4-7/h2-4H,1H3/q-1. The highest BCUT2D eigenvalue weighted by Crippen LogP contribution is 2.15. The van der Waals surface area contributed by atoms with Crippen LogP contribution in [0.3, 0.4) is 0 Å². The zero-order chi connectivity index (χ0) is 10.1. The van der Waals surface area contributed by atoms with Gasteiger partial charge in [-0.2, -0.15) is 0 Å². The summed E-state index contributed by atoms with van der Waals surface area (Å²) < 4.78 is 53.4. The maximum atomic E-state index is 12.6. The van der Waals surface area contributed by atoms with Crippen LogP contribution in [-0.2, 0) is 0 Å². The molecule has 0 aliphatic heterocycles. The van der Waals surface area contributed by atoms with Crippen LogP contribution >= 0.6 is 0 Å². The van der Waals surface area contributed by atoms with Crippen molar-refractivity contribution in [1.82, 2.24) is 0 Å². The molecule has 13 heavy (non-hydrogen) atoms. The van der Waals surface area contributed by atoms with Gasteiger partial charge in [0.05, 0.1) is 7.11 Å². The van der Waals surface area contributed by atoms with E-state index in [0.29, 0.717) is 6.07 Å². The van der Waals surface area contributed by atoms with E-state index in [4.69, 9.17) is 0 Å². The molecule has 0 saturated carbocycles. The van der Waals surface area contributed by atoms with Gasteiger partial charge < -0.3 is 17.7 Å². The number of halogens is 4. The molecule has 0 unspecified atom stereocenters. The highest BCUT2D eigenvalue weighted by molar-refractivity contribution is 6.73. The van der Waals surface area contributed by atoms with Gasteiger partial charge in [0.2, 0.25) is 0 Å². The van der Waals surface area contributed by atoms with E-state index < -0.39 is 18.3 Å². The third-order valence-electron chi connectivity index (χ3n) is 1.51. The molecule has 0 fully saturated rings. The molecular weight excluding hydrogens is 187 g/mol. The lowest BCUT2D eigenvalue weighted by Gasteiger charge is -2.15. The first-order valence-corrected chi connectivity index (χ1v) is 3.48. The summed E-state index contributed by atoms with van der Waals surface area (Å²) in [6, 6.07) is 2.11. The number of rotatable bonds is 2. The summed E-state index contributed by atoms with van der Waals surface area (Å²) in [6.07, 6.45) is 0. The smallest absolute Gasteiger partial charge is 0.497 e. The fourth-order valence-electron chi connectivity index (χ4n) is 0.891. The molecule has 1 aromatic rings. The average molecular weight is 193 g/mol. The minimum Gasteiger partial charge on any atom is -0.497 e. The summed E-state index contributed by atoms with van der Waals surface area (Å²) in [6.45, 7) is -5.17. The highest BCUT2D eigenvalue weighted by Gasteiger charge is 2.26. The van der Waals surface area contributed by atoms with Crippen molar-refractivity contribution in [2.24, 2.45) is 0 Å². The number of methoxy groups -OCH3 is 1. The van der Waals surface area contributed by atoms with E-state index in [1.165, 1.54) is 7.11 Å². The van der Waals surface area contributed by atoms with Crippen LogP contribution in [0.1, 0.15) is 0 Å². The van der Waals surface area contributed by atoms with Crippen molar-refractivity contribution in [3.8, 4) is 5.75 Å². The van der Waals surface area contributed by atoms with Crippen LogP contribution in [0, 0.1) is 5.82 Å². The minimum atomic E-state index is -5.17. The molecule has 0 heterocycles. The van der Waals surface area contributed by atoms with Crippen molar-refractivity contribution < 1.29 is 22.1 Å². The van der Waals surface area contributed by atoms with Gasteiger partial charge in [-0.3, -0.25) is 0 Å². The summed E-state index contributed by atoms with van der Waals surface area (Å²) >= 11 is 0. The van der Waals surface area contributed by atoms with E-state index >= 15 is 0 Å². The van der Waals surface area contributed by atoms with Gasteiger partial charge in [0.15, 0.2) is 0 Å². The van der Waals surface area contributed by atoms with Gasteiger partial charge in [-0.1, -0.05) is 6.07 Å². The first kappa shape index (κ1) is 9.89. The summed E-state index contributed by atoms with van der Waals surface area (Å²) in [7, 11) is 1.18. The highest BCUT2D eigenvalue weighted by atomic mass is 19.4. The third kappa shape index (κ3) is 2.37. The molecule has 1 rings (SSSR count). The summed E-state index contributed by atoms with van der Waals surface area (Å²) in [5.41, 5.74) is -0.989. The van der Waals surface area contributed by atoms with Crippen molar-refractivity contribution in [2.75, 3.05) is 7.11 Å². The topological polar surface area (TPSA) is 9.23 Å². The number of hydrogen-bond acceptors (Lipinski definition) is 1. The predicted octanol–water partition coefficient (Wildman–Crippen LogP) is 1.89. The molecular formula is C7H6BF4O-. The third-order valence-corrected chi connectivity index (χ3v) is 1.51. The molecule has 0 amide bonds. The summed E-state index contributed by atoms with van der Waals surface area (Å²) in [5.74, 6) is -1.08. The zero-order valence-corrected chi connectivity index (χ0v) is 6.73. The second-order valence-electron chi connectivity index (χ2n) is 2.50. The Bertz CT molecular complexity index is 310. The second kappa shape index (κ2) is 3.28. The molecule has 0 bridgehead atoms. The molecule has 0 atom stereocenters. The Kier molecular flexibility index (Phi) is 2.49. The molecule has 0 aliphatic rings. The molecule has 0 radical (unpaired) electrons. The molecule has 0 saturated heterocycles. The first-order valence-electron chi connectivity index (χ1n) is 3.48. The lowest BCUT2D eigenvalue weighted by Crippen LogP contribution is -2.34. The average Bonchev–Trinajstić information content (AvgIpc) is 2.01. The molecule has 0 spiro atoms. The molecule has 1 aromatic carbocycles. The normalized spacial score (nSPS) is 11.5. The lowest BCUT2D eigenvalue weighted by atomic mass is 9.80. The van der Waals surface area contributed by atoms with Gasteiger partial charge >= 0.3 is 6.98 Å². The molecule has 72 valence electrons. The Morgan fingerprint density at radius 3 is 2.23 bits per heavy atom. The molecule has 0 aliphatic carbocycles. The quantitative estimate of drug-likeness (QED) is 0.514. The van der Waals surface area contributed by atoms with Crippen LogP contribution in [0.4, 0.5) is 17.3 Å². The van der Waals surface area contributed by atoms with E-state index in [9.17, 15) is 17.3 Å². The fourth-order valence-corrected chi connectivity index (χ4v) is 0.891. The number of hydrogen-bond donors (Lipinski definition) is 0. The van der Waals surface area contributed by atoms with Gasteiger partial charge in [-0.15, -0.1) is 5.46 Å². The maximum Gasteiger partial charge on any atom is 0.509 e. The van der Waals surface area contributed by atoms with Crippen molar-refractivity contribution in [2.45, 2.75) is 0 Å². The monoisotopic (exact) mass is 193 g/mol. The van der Waals surface area contributed by atoms with E-state index in [2.05, 4.69) is 4.74 Å². The fraction of sp³-hybridized carbons (Fsp3) is 0.143. The molecule has 0 aromatic heterocycles. The van der Waals surface area contributed by atoms with Crippen LogP contribution in [0.5, 0.6) is 5.75 Å². The Labute approximate surface area is 72.4 Å². The molecule has 1 nitrogen and oxygen atoms in total. The van der Waals surface area contributed by atoms with Gasteiger partial charge in [0, 0.05) is 6.07 Å². The summed E-state index contributed by atoms with van der Waals surface area (Å²) in [4.78, 5) is 0. The number of ether oxygens (including phenoxy) is 1. The molecule has 6 heteroatoms. The van der Waals surface area contributed by atoms with E-state index in [-0.39, 0.29) is 5.75 Å². The Hall–Kier alpha value is -1.20. The van der Waals surface area contributed by atoms with Gasteiger partial charge in [0.25, 0.3) is 0 Å². The van der Waals surface area contributed by atoms with Crippen molar-refractivity contribution in [3.05, 3.63) is 24.0 Å². The first-order chi connectivity index (χ1) is 5.93. The maximum absolute atomic E-state index is 12.6. The zero-order valence-electron chi connectivity index (χ0n) is 6.73. The van der Waals surface area contributed by atoms with Gasteiger partial charge in [-0.05, 0) is 6.07 Å². The van der Waals surface area contributed by atoms with E-state index in [1.807, 2.05) is 0 Å². The lowest BCUT2D eigenvalue weighted by molar-refractivity contribution is 0.411. The van der Waals surface area contributed by atoms with E-state index in [1.54, 1.807) is 0 Å². The van der Waals surface area contributed by atoms with Crippen LogP contribution in [-0.4, -0.2) is 14.1 Å². The Morgan fingerprint density at radius 1 is 1.15 bits per heavy atom. The molecule has 0 N–H and O–H groups in total. The van der Waals surface area contributed by atoms with Crippen LogP contribution in [0.2, 0.25) is 0 Å². The van der Waals surface area contributed by atoms with Crippen molar-refractivity contribution in [1.29, 1.82) is 0 Å². The van der Waals surface area contributed by atoms with Crippen LogP contribution in [0.25, 0.3) is 0 Å².